The van der Waals surface area contributed by atoms with Crippen LogP contribution in [0.1, 0.15) is 27.8 Å². The molecule has 0 aromatic heterocycles. The summed E-state index contributed by atoms with van der Waals surface area (Å²) in [5, 5.41) is 4.06. The maximum atomic E-state index is 11.8. The zero-order valence-corrected chi connectivity index (χ0v) is 14.8. The van der Waals surface area contributed by atoms with Gasteiger partial charge in [-0.05, 0) is 62.1 Å². The number of carbonyl (C=O) groups excluding carboxylic acids is 1. The zero-order valence-electron chi connectivity index (χ0n) is 14.0. The van der Waals surface area contributed by atoms with Gasteiger partial charge in [0.15, 0.2) is 0 Å². The number of nitrogens with one attached hydrogen (secondary N) is 1. The Morgan fingerprint density at radius 2 is 1.74 bits per heavy atom. The van der Waals surface area contributed by atoms with Gasteiger partial charge >= 0.3 is 0 Å². The van der Waals surface area contributed by atoms with E-state index in [4.69, 9.17) is 0 Å². The molecule has 0 atom stereocenters. The van der Waals surface area contributed by atoms with Crippen LogP contribution in [0.4, 0.5) is 0 Å². The topological polar surface area (TPSA) is 41.5 Å². The lowest BCUT2D eigenvalue weighted by molar-refractivity contribution is -0.118. The molecule has 0 unspecified atom stereocenters. The standard InChI is InChI=1S/C19H22N2OS/c1-13-5-9-18(10-6-13)23-12-19(22)21-20-11-17-8-7-14(2)15(3)16(17)4/h5-11H,12H2,1-4H3,(H,21,22)/b20-11-. The van der Waals surface area contributed by atoms with Crippen molar-refractivity contribution in [3.63, 3.8) is 0 Å². The fraction of sp³-hybridized carbons (Fsp3) is 0.263. The molecule has 23 heavy (non-hydrogen) atoms. The largest absolute Gasteiger partial charge is 0.272 e. The van der Waals surface area contributed by atoms with Crippen molar-refractivity contribution in [2.75, 3.05) is 5.75 Å². The van der Waals surface area contributed by atoms with Crippen molar-refractivity contribution in [3.8, 4) is 0 Å². The third-order valence-electron chi connectivity index (χ3n) is 3.88. The Hall–Kier alpha value is -2.07. The Morgan fingerprint density at radius 1 is 1.04 bits per heavy atom. The van der Waals surface area contributed by atoms with E-state index in [9.17, 15) is 4.79 Å². The van der Waals surface area contributed by atoms with Gasteiger partial charge in [0.25, 0.3) is 0 Å². The molecule has 0 radical (unpaired) electrons. The summed E-state index contributed by atoms with van der Waals surface area (Å²) in [6.45, 7) is 8.30. The summed E-state index contributed by atoms with van der Waals surface area (Å²) in [6.07, 6.45) is 1.70. The molecular weight excluding hydrogens is 304 g/mol. The number of thioether (sulfide) groups is 1. The maximum absolute atomic E-state index is 11.8. The predicted octanol–water partition coefficient (Wildman–Crippen LogP) is 4.16. The van der Waals surface area contributed by atoms with E-state index in [2.05, 4.69) is 37.4 Å². The molecule has 2 aromatic rings. The highest BCUT2D eigenvalue weighted by Gasteiger charge is 2.03. The van der Waals surface area contributed by atoms with E-state index in [1.807, 2.05) is 37.3 Å². The van der Waals surface area contributed by atoms with Gasteiger partial charge in [-0.3, -0.25) is 4.79 Å². The molecule has 0 heterocycles. The molecule has 0 aliphatic heterocycles. The molecule has 0 fully saturated rings. The summed E-state index contributed by atoms with van der Waals surface area (Å²) in [5.74, 6) is 0.250. The van der Waals surface area contributed by atoms with Gasteiger partial charge in [-0.2, -0.15) is 5.10 Å². The fourth-order valence-electron chi connectivity index (χ4n) is 2.11. The maximum Gasteiger partial charge on any atom is 0.250 e. The lowest BCUT2D eigenvalue weighted by Gasteiger charge is -2.07. The average molecular weight is 326 g/mol. The first-order chi connectivity index (χ1) is 11.0. The molecule has 0 aliphatic carbocycles. The summed E-state index contributed by atoms with van der Waals surface area (Å²) in [6, 6.07) is 12.2. The van der Waals surface area contributed by atoms with Crippen molar-refractivity contribution in [1.82, 2.24) is 5.43 Å². The van der Waals surface area contributed by atoms with Gasteiger partial charge in [-0.25, -0.2) is 5.43 Å². The number of rotatable bonds is 5. The van der Waals surface area contributed by atoms with Crippen LogP contribution in [0.25, 0.3) is 0 Å². The Balaban J connectivity index is 1.86. The summed E-state index contributed by atoms with van der Waals surface area (Å²) < 4.78 is 0. The van der Waals surface area contributed by atoms with Crippen LogP contribution in [-0.2, 0) is 4.79 Å². The quantitative estimate of drug-likeness (QED) is 0.509. The smallest absolute Gasteiger partial charge is 0.250 e. The van der Waals surface area contributed by atoms with Crippen molar-refractivity contribution in [2.45, 2.75) is 32.6 Å². The van der Waals surface area contributed by atoms with Crippen molar-refractivity contribution in [3.05, 3.63) is 64.2 Å². The predicted molar refractivity (Wildman–Crippen MR) is 98.3 cm³/mol. The zero-order chi connectivity index (χ0) is 16.8. The molecule has 0 bridgehead atoms. The highest BCUT2D eigenvalue weighted by atomic mass is 32.2. The van der Waals surface area contributed by atoms with E-state index in [0.29, 0.717) is 5.75 Å². The van der Waals surface area contributed by atoms with Crippen molar-refractivity contribution in [1.29, 1.82) is 0 Å². The Morgan fingerprint density at radius 3 is 2.43 bits per heavy atom. The van der Waals surface area contributed by atoms with Crippen molar-refractivity contribution in [2.24, 2.45) is 5.10 Å². The van der Waals surface area contributed by atoms with Crippen LogP contribution >= 0.6 is 11.8 Å². The summed E-state index contributed by atoms with van der Waals surface area (Å²) in [4.78, 5) is 12.9. The molecule has 2 rings (SSSR count). The minimum absolute atomic E-state index is 0.103. The summed E-state index contributed by atoms with van der Waals surface area (Å²) in [5.41, 5.74) is 8.54. The molecule has 0 aliphatic rings. The third-order valence-corrected chi connectivity index (χ3v) is 4.90. The summed E-state index contributed by atoms with van der Waals surface area (Å²) >= 11 is 1.51. The van der Waals surface area contributed by atoms with E-state index in [0.717, 1.165) is 10.5 Å². The SMILES string of the molecule is Cc1ccc(SCC(=O)N/N=C\c2ccc(C)c(C)c2C)cc1. The van der Waals surface area contributed by atoms with Gasteiger partial charge in [0.05, 0.1) is 12.0 Å². The second kappa shape index (κ2) is 7.97. The number of hydrogen-bond acceptors (Lipinski definition) is 3. The summed E-state index contributed by atoms with van der Waals surface area (Å²) in [7, 11) is 0. The molecule has 0 saturated carbocycles. The van der Waals surface area contributed by atoms with Crippen LogP contribution in [0.5, 0.6) is 0 Å². The lowest BCUT2D eigenvalue weighted by Crippen LogP contribution is -2.19. The molecule has 1 amide bonds. The lowest BCUT2D eigenvalue weighted by atomic mass is 10.00. The molecule has 4 heteroatoms. The minimum atomic E-state index is -0.103. The van der Waals surface area contributed by atoms with E-state index in [-0.39, 0.29) is 5.91 Å². The number of hydrazone groups is 1. The first kappa shape index (κ1) is 17.3. The number of nitrogens with zero attached hydrogens (tertiary/aromatic N) is 1. The molecule has 2 aromatic carbocycles. The number of aryl methyl sites for hydroxylation is 2. The van der Waals surface area contributed by atoms with Crippen molar-refractivity contribution < 1.29 is 4.79 Å². The van der Waals surface area contributed by atoms with E-state index >= 15 is 0 Å². The van der Waals surface area contributed by atoms with Gasteiger partial charge in [0, 0.05) is 4.90 Å². The van der Waals surface area contributed by atoms with E-state index in [1.54, 1.807) is 6.21 Å². The molecule has 3 nitrogen and oxygen atoms in total. The second-order valence-corrected chi connectivity index (χ2v) is 6.67. The van der Waals surface area contributed by atoms with Gasteiger partial charge in [-0.15, -0.1) is 11.8 Å². The number of carbonyl (C=O) groups is 1. The Kier molecular flexibility index (Phi) is 5.99. The third kappa shape index (κ3) is 4.96. The van der Waals surface area contributed by atoms with Gasteiger partial charge in [-0.1, -0.05) is 29.8 Å². The highest BCUT2D eigenvalue weighted by molar-refractivity contribution is 8.00. The molecule has 0 spiro atoms. The fourth-order valence-corrected chi connectivity index (χ4v) is 2.80. The van der Waals surface area contributed by atoms with Crippen LogP contribution < -0.4 is 5.43 Å². The Bertz CT molecular complexity index is 721. The van der Waals surface area contributed by atoms with Crippen molar-refractivity contribution >= 4 is 23.9 Å². The normalized spacial score (nSPS) is 11.0. The number of benzene rings is 2. The Labute approximate surface area is 142 Å². The first-order valence-corrected chi connectivity index (χ1v) is 8.54. The number of amides is 1. The van der Waals surface area contributed by atoms with Crippen LogP contribution in [0.3, 0.4) is 0 Å². The molecule has 120 valence electrons. The van der Waals surface area contributed by atoms with Gasteiger partial charge in [0.1, 0.15) is 0 Å². The average Bonchev–Trinajstić information content (AvgIpc) is 2.54. The number of hydrogen-bond donors (Lipinski definition) is 1. The minimum Gasteiger partial charge on any atom is -0.272 e. The van der Waals surface area contributed by atoms with E-state index < -0.39 is 0 Å². The van der Waals surface area contributed by atoms with Crippen LogP contribution in [-0.4, -0.2) is 17.9 Å². The molecular formula is C19H22N2OS. The van der Waals surface area contributed by atoms with Crippen LogP contribution in [0, 0.1) is 27.7 Å². The highest BCUT2D eigenvalue weighted by Crippen LogP contribution is 2.18. The second-order valence-electron chi connectivity index (χ2n) is 5.62. The molecule has 0 saturated heterocycles. The van der Waals surface area contributed by atoms with Gasteiger partial charge in [0.2, 0.25) is 5.91 Å². The monoisotopic (exact) mass is 326 g/mol. The first-order valence-electron chi connectivity index (χ1n) is 7.55. The molecule has 1 N–H and O–H groups in total. The van der Waals surface area contributed by atoms with Crippen LogP contribution in [0.15, 0.2) is 46.4 Å². The van der Waals surface area contributed by atoms with Crippen LogP contribution in [0.2, 0.25) is 0 Å². The van der Waals surface area contributed by atoms with E-state index in [1.165, 1.54) is 34.0 Å². The van der Waals surface area contributed by atoms with Gasteiger partial charge < -0.3 is 0 Å².